The van der Waals surface area contributed by atoms with E-state index < -0.39 is 0 Å². The van der Waals surface area contributed by atoms with Crippen LogP contribution >= 0.6 is 11.3 Å². The molecule has 2 heteroatoms. The third-order valence-corrected chi connectivity index (χ3v) is 4.18. The van der Waals surface area contributed by atoms with Gasteiger partial charge in [0.05, 0.1) is 6.04 Å². The molecule has 0 aliphatic heterocycles. The molecule has 2 N–H and O–H groups in total. The molecule has 0 aliphatic carbocycles. The van der Waals surface area contributed by atoms with Crippen molar-refractivity contribution in [3.8, 4) is 11.1 Å². The smallest absolute Gasteiger partial charge is 0.0645 e. The van der Waals surface area contributed by atoms with E-state index in [4.69, 9.17) is 5.73 Å². The normalized spacial score (nSPS) is 12.3. The molecule has 0 spiro atoms. The Hall–Kier alpha value is -1.90. The lowest BCUT2D eigenvalue weighted by Crippen LogP contribution is -2.09. The van der Waals surface area contributed by atoms with E-state index >= 15 is 0 Å². The molecule has 1 atom stereocenters. The molecule has 19 heavy (non-hydrogen) atoms. The molecule has 0 aliphatic rings. The van der Waals surface area contributed by atoms with E-state index in [1.807, 2.05) is 12.1 Å². The molecule has 1 nitrogen and oxygen atoms in total. The van der Waals surface area contributed by atoms with E-state index in [9.17, 15) is 0 Å². The second-order valence-electron chi connectivity index (χ2n) is 4.48. The van der Waals surface area contributed by atoms with Crippen LogP contribution in [0.25, 0.3) is 11.1 Å². The Morgan fingerprint density at radius 1 is 0.737 bits per heavy atom. The number of rotatable bonds is 3. The maximum absolute atomic E-state index is 6.26. The third kappa shape index (κ3) is 2.60. The van der Waals surface area contributed by atoms with Gasteiger partial charge in [-0.1, -0.05) is 60.7 Å². The summed E-state index contributed by atoms with van der Waals surface area (Å²) in [5.74, 6) is 0. The lowest BCUT2D eigenvalue weighted by molar-refractivity contribution is 0.894. The summed E-state index contributed by atoms with van der Waals surface area (Å²) in [4.78, 5) is 1.20. The second kappa shape index (κ2) is 5.39. The van der Waals surface area contributed by atoms with Crippen molar-refractivity contribution in [3.05, 3.63) is 82.6 Å². The highest BCUT2D eigenvalue weighted by Gasteiger charge is 2.09. The lowest BCUT2D eigenvalue weighted by Gasteiger charge is -2.11. The van der Waals surface area contributed by atoms with Crippen molar-refractivity contribution in [2.75, 3.05) is 0 Å². The van der Waals surface area contributed by atoms with Crippen LogP contribution in [0.3, 0.4) is 0 Å². The van der Waals surface area contributed by atoms with Crippen LogP contribution in [0.5, 0.6) is 0 Å². The summed E-state index contributed by atoms with van der Waals surface area (Å²) >= 11 is 1.70. The summed E-state index contributed by atoms with van der Waals surface area (Å²) in [5.41, 5.74) is 9.87. The molecule has 0 fully saturated rings. The van der Waals surface area contributed by atoms with Gasteiger partial charge in [-0.3, -0.25) is 0 Å². The van der Waals surface area contributed by atoms with Gasteiger partial charge in [0, 0.05) is 4.88 Å². The van der Waals surface area contributed by atoms with Gasteiger partial charge in [0.15, 0.2) is 0 Å². The molecule has 0 radical (unpaired) electrons. The number of thiophene rings is 1. The summed E-state index contributed by atoms with van der Waals surface area (Å²) in [5, 5.41) is 2.06. The Morgan fingerprint density at radius 2 is 1.42 bits per heavy atom. The maximum Gasteiger partial charge on any atom is 0.0645 e. The van der Waals surface area contributed by atoms with Crippen molar-refractivity contribution in [2.24, 2.45) is 5.73 Å². The van der Waals surface area contributed by atoms with E-state index in [-0.39, 0.29) is 6.04 Å². The van der Waals surface area contributed by atoms with E-state index in [2.05, 4.69) is 60.0 Å². The van der Waals surface area contributed by atoms with Gasteiger partial charge in [0.25, 0.3) is 0 Å². The standard InChI is InChI=1S/C17H15NS/c18-17(16-7-4-12-19-16)15-10-8-14(9-11-15)13-5-2-1-3-6-13/h1-12,17H,18H2/t17-/m0/s1. The second-order valence-corrected chi connectivity index (χ2v) is 5.46. The van der Waals surface area contributed by atoms with Gasteiger partial charge >= 0.3 is 0 Å². The van der Waals surface area contributed by atoms with E-state index in [0.717, 1.165) is 5.56 Å². The Bertz CT molecular complexity index is 627. The summed E-state index contributed by atoms with van der Waals surface area (Å²) in [6.45, 7) is 0. The number of hydrogen-bond acceptors (Lipinski definition) is 2. The van der Waals surface area contributed by atoms with Crippen molar-refractivity contribution in [1.82, 2.24) is 0 Å². The van der Waals surface area contributed by atoms with E-state index in [1.165, 1.54) is 16.0 Å². The number of hydrogen-bond donors (Lipinski definition) is 1. The molecule has 0 saturated heterocycles. The molecule has 0 bridgehead atoms. The SMILES string of the molecule is N[C@@H](c1ccc(-c2ccccc2)cc1)c1cccs1. The summed E-state index contributed by atoms with van der Waals surface area (Å²) in [7, 11) is 0. The molecular weight excluding hydrogens is 250 g/mol. The van der Waals surface area contributed by atoms with E-state index in [1.54, 1.807) is 11.3 Å². The molecule has 1 aromatic heterocycles. The predicted molar refractivity (Wildman–Crippen MR) is 82.2 cm³/mol. The first kappa shape index (κ1) is 12.2. The Kier molecular flexibility index (Phi) is 3.45. The van der Waals surface area contributed by atoms with Crippen LogP contribution < -0.4 is 5.73 Å². The van der Waals surface area contributed by atoms with Gasteiger partial charge in [0.2, 0.25) is 0 Å². The van der Waals surface area contributed by atoms with Gasteiger partial charge in [-0.05, 0) is 28.1 Å². The summed E-state index contributed by atoms with van der Waals surface area (Å²) < 4.78 is 0. The molecule has 2 aromatic carbocycles. The zero-order valence-corrected chi connectivity index (χ0v) is 11.3. The minimum atomic E-state index is -0.0233. The zero-order chi connectivity index (χ0) is 13.1. The first-order chi connectivity index (χ1) is 9.34. The highest BCUT2D eigenvalue weighted by atomic mass is 32.1. The molecular formula is C17H15NS. The zero-order valence-electron chi connectivity index (χ0n) is 10.5. The maximum atomic E-state index is 6.26. The fraction of sp³-hybridized carbons (Fsp3) is 0.0588. The molecule has 0 saturated carbocycles. The Morgan fingerprint density at radius 3 is 2.05 bits per heavy atom. The molecule has 0 amide bonds. The molecule has 1 heterocycles. The first-order valence-electron chi connectivity index (χ1n) is 6.29. The fourth-order valence-corrected chi connectivity index (χ4v) is 2.90. The summed E-state index contributed by atoms with van der Waals surface area (Å²) in [6.07, 6.45) is 0. The predicted octanol–water partition coefficient (Wildman–Crippen LogP) is 4.46. The van der Waals surface area contributed by atoms with Crippen LogP contribution in [0.15, 0.2) is 72.1 Å². The highest BCUT2D eigenvalue weighted by Crippen LogP contribution is 2.26. The fourth-order valence-electron chi connectivity index (χ4n) is 2.15. The van der Waals surface area contributed by atoms with Gasteiger partial charge in [-0.2, -0.15) is 0 Å². The van der Waals surface area contributed by atoms with Gasteiger partial charge in [-0.25, -0.2) is 0 Å². The topological polar surface area (TPSA) is 26.0 Å². The van der Waals surface area contributed by atoms with Crippen molar-refractivity contribution in [1.29, 1.82) is 0 Å². The highest BCUT2D eigenvalue weighted by molar-refractivity contribution is 7.10. The minimum Gasteiger partial charge on any atom is -0.320 e. The monoisotopic (exact) mass is 265 g/mol. The van der Waals surface area contributed by atoms with Crippen LogP contribution in [-0.4, -0.2) is 0 Å². The van der Waals surface area contributed by atoms with Crippen LogP contribution in [-0.2, 0) is 0 Å². The molecule has 94 valence electrons. The number of benzene rings is 2. The van der Waals surface area contributed by atoms with Crippen molar-refractivity contribution in [2.45, 2.75) is 6.04 Å². The average molecular weight is 265 g/mol. The van der Waals surface area contributed by atoms with E-state index in [0.29, 0.717) is 0 Å². The van der Waals surface area contributed by atoms with Gasteiger partial charge < -0.3 is 5.73 Å². The van der Waals surface area contributed by atoms with Crippen LogP contribution in [0, 0.1) is 0 Å². The Labute approximate surface area is 117 Å². The lowest BCUT2D eigenvalue weighted by atomic mass is 10.0. The van der Waals surface area contributed by atoms with Crippen LogP contribution in [0.2, 0.25) is 0 Å². The molecule has 0 unspecified atom stereocenters. The van der Waals surface area contributed by atoms with Crippen molar-refractivity contribution in [3.63, 3.8) is 0 Å². The quantitative estimate of drug-likeness (QED) is 0.743. The minimum absolute atomic E-state index is 0.0233. The molecule has 3 rings (SSSR count). The largest absolute Gasteiger partial charge is 0.320 e. The molecule has 3 aromatic rings. The van der Waals surface area contributed by atoms with Crippen molar-refractivity contribution < 1.29 is 0 Å². The van der Waals surface area contributed by atoms with Crippen molar-refractivity contribution >= 4 is 11.3 Å². The van der Waals surface area contributed by atoms with Gasteiger partial charge in [-0.15, -0.1) is 11.3 Å². The van der Waals surface area contributed by atoms with Crippen LogP contribution in [0.4, 0.5) is 0 Å². The van der Waals surface area contributed by atoms with Gasteiger partial charge in [0.1, 0.15) is 0 Å². The van der Waals surface area contributed by atoms with Crippen LogP contribution in [0.1, 0.15) is 16.5 Å². The third-order valence-electron chi connectivity index (χ3n) is 3.23. The number of nitrogens with two attached hydrogens (primary N) is 1. The first-order valence-corrected chi connectivity index (χ1v) is 7.17. The Balaban J connectivity index is 1.87. The average Bonchev–Trinajstić information content (AvgIpc) is 3.02. The summed E-state index contributed by atoms with van der Waals surface area (Å²) in [6, 6.07) is 23.0.